The fraction of sp³-hybridized carbons (Fsp3) is 0.917. The number of rotatable bonds is 8. The molecule has 5 heteroatoms. The maximum Gasteiger partial charge on any atom is 0.237 e. The molecule has 0 aromatic heterocycles. The number of hydrogen-bond donors (Lipinski definition) is 2. The maximum absolute atomic E-state index is 11.7. The first-order chi connectivity index (χ1) is 7.90. The standard InChI is InChI=1S/C12H27N3O2/c1-9(2)11(15(3)4)8-14-12(16)10(13)6-7-17-5/h9-11H,6-8,13H2,1-5H3,(H,14,16). The average Bonchev–Trinajstić information content (AvgIpc) is 2.24. The Labute approximate surface area is 105 Å². The predicted molar refractivity (Wildman–Crippen MR) is 69.8 cm³/mol. The van der Waals surface area contributed by atoms with E-state index in [1.54, 1.807) is 7.11 Å². The number of hydrogen-bond acceptors (Lipinski definition) is 4. The summed E-state index contributed by atoms with van der Waals surface area (Å²) in [5, 5.41) is 2.89. The first-order valence-corrected chi connectivity index (χ1v) is 6.08. The van der Waals surface area contributed by atoms with Gasteiger partial charge in [-0.05, 0) is 26.4 Å². The number of amides is 1. The van der Waals surface area contributed by atoms with Gasteiger partial charge in [-0.25, -0.2) is 0 Å². The molecule has 0 spiro atoms. The van der Waals surface area contributed by atoms with E-state index in [1.807, 2.05) is 14.1 Å². The molecule has 0 aliphatic heterocycles. The molecular formula is C12H27N3O2. The molecule has 1 amide bonds. The van der Waals surface area contributed by atoms with Gasteiger partial charge in [-0.2, -0.15) is 0 Å². The van der Waals surface area contributed by atoms with Crippen LogP contribution in [0, 0.1) is 5.92 Å². The second-order valence-electron chi connectivity index (χ2n) is 4.91. The molecular weight excluding hydrogens is 218 g/mol. The summed E-state index contributed by atoms with van der Waals surface area (Å²) < 4.78 is 4.90. The molecule has 3 N–H and O–H groups in total. The highest BCUT2D eigenvalue weighted by atomic mass is 16.5. The van der Waals surface area contributed by atoms with Crippen molar-refractivity contribution < 1.29 is 9.53 Å². The Kier molecular flexibility index (Phi) is 8.12. The third-order valence-electron chi connectivity index (χ3n) is 2.89. The first-order valence-electron chi connectivity index (χ1n) is 6.08. The summed E-state index contributed by atoms with van der Waals surface area (Å²) in [5.41, 5.74) is 5.74. The topological polar surface area (TPSA) is 67.6 Å². The van der Waals surface area contributed by atoms with E-state index in [9.17, 15) is 4.79 Å². The van der Waals surface area contributed by atoms with Crippen molar-refractivity contribution in [3.63, 3.8) is 0 Å². The van der Waals surface area contributed by atoms with Crippen molar-refractivity contribution in [1.29, 1.82) is 0 Å². The summed E-state index contributed by atoms with van der Waals surface area (Å²) in [6.45, 7) is 5.42. The van der Waals surface area contributed by atoms with Crippen LogP contribution in [0.4, 0.5) is 0 Å². The summed E-state index contributed by atoms with van der Waals surface area (Å²) in [6, 6.07) is -0.154. The lowest BCUT2D eigenvalue weighted by Gasteiger charge is -2.28. The van der Waals surface area contributed by atoms with Crippen LogP contribution >= 0.6 is 0 Å². The third-order valence-corrected chi connectivity index (χ3v) is 2.89. The number of carbonyl (C=O) groups is 1. The Balaban J connectivity index is 4.03. The van der Waals surface area contributed by atoms with Crippen molar-refractivity contribution in [2.75, 3.05) is 34.4 Å². The molecule has 2 unspecified atom stereocenters. The smallest absolute Gasteiger partial charge is 0.237 e. The first kappa shape index (κ1) is 16.4. The normalized spacial score (nSPS) is 15.1. The van der Waals surface area contributed by atoms with E-state index in [-0.39, 0.29) is 5.91 Å². The number of ether oxygens (including phenoxy) is 1. The van der Waals surface area contributed by atoms with Gasteiger partial charge in [0.25, 0.3) is 0 Å². The highest BCUT2D eigenvalue weighted by Gasteiger charge is 2.18. The molecule has 0 saturated heterocycles. The van der Waals surface area contributed by atoms with E-state index >= 15 is 0 Å². The Morgan fingerprint density at radius 2 is 2.00 bits per heavy atom. The molecule has 5 nitrogen and oxygen atoms in total. The Bertz CT molecular complexity index is 212. The van der Waals surface area contributed by atoms with Gasteiger partial charge < -0.3 is 20.7 Å². The molecule has 0 aliphatic rings. The van der Waals surface area contributed by atoms with Crippen molar-refractivity contribution in [2.45, 2.75) is 32.4 Å². The van der Waals surface area contributed by atoms with E-state index in [0.29, 0.717) is 31.5 Å². The fourth-order valence-electron chi connectivity index (χ4n) is 1.73. The molecule has 0 rings (SSSR count). The molecule has 0 bridgehead atoms. The van der Waals surface area contributed by atoms with E-state index in [2.05, 4.69) is 24.1 Å². The molecule has 2 atom stereocenters. The van der Waals surface area contributed by atoms with Crippen LogP contribution in [0.1, 0.15) is 20.3 Å². The molecule has 102 valence electrons. The minimum atomic E-state index is -0.482. The van der Waals surface area contributed by atoms with Gasteiger partial charge >= 0.3 is 0 Å². The van der Waals surface area contributed by atoms with Crippen LogP contribution in [0.5, 0.6) is 0 Å². The summed E-state index contributed by atoms with van der Waals surface area (Å²) >= 11 is 0. The van der Waals surface area contributed by atoms with Gasteiger partial charge in [-0.15, -0.1) is 0 Å². The molecule has 0 heterocycles. The van der Waals surface area contributed by atoms with Gasteiger partial charge in [0.05, 0.1) is 6.04 Å². The van der Waals surface area contributed by atoms with Crippen molar-refractivity contribution in [3.05, 3.63) is 0 Å². The number of likely N-dealkylation sites (N-methyl/N-ethyl adjacent to an activating group) is 1. The molecule has 17 heavy (non-hydrogen) atoms. The number of carbonyl (C=O) groups excluding carboxylic acids is 1. The number of methoxy groups -OCH3 is 1. The number of nitrogens with two attached hydrogens (primary N) is 1. The summed E-state index contributed by atoms with van der Waals surface area (Å²) in [4.78, 5) is 13.8. The number of nitrogens with one attached hydrogen (secondary N) is 1. The SMILES string of the molecule is COCCC(N)C(=O)NCC(C(C)C)N(C)C. The van der Waals surface area contributed by atoms with E-state index in [1.165, 1.54) is 0 Å². The second kappa shape index (κ2) is 8.44. The lowest BCUT2D eigenvalue weighted by molar-refractivity contribution is -0.123. The van der Waals surface area contributed by atoms with Crippen LogP contribution in [0.2, 0.25) is 0 Å². The number of nitrogens with zero attached hydrogens (tertiary/aromatic N) is 1. The van der Waals surface area contributed by atoms with Crippen molar-refractivity contribution >= 4 is 5.91 Å². The highest BCUT2D eigenvalue weighted by Crippen LogP contribution is 2.06. The zero-order valence-corrected chi connectivity index (χ0v) is 11.7. The van der Waals surface area contributed by atoms with Crippen LogP contribution < -0.4 is 11.1 Å². The molecule has 0 aromatic carbocycles. The van der Waals surface area contributed by atoms with Crippen LogP contribution in [-0.2, 0) is 9.53 Å². The van der Waals surface area contributed by atoms with Crippen molar-refractivity contribution in [2.24, 2.45) is 11.7 Å². The summed E-state index contributed by atoms with van der Waals surface area (Å²) in [6.07, 6.45) is 0.552. The Morgan fingerprint density at radius 1 is 1.41 bits per heavy atom. The van der Waals surface area contributed by atoms with E-state index in [4.69, 9.17) is 10.5 Å². The van der Waals surface area contributed by atoms with Gasteiger partial charge in [0.15, 0.2) is 0 Å². The molecule has 0 radical (unpaired) electrons. The average molecular weight is 245 g/mol. The minimum Gasteiger partial charge on any atom is -0.385 e. The van der Waals surface area contributed by atoms with Gasteiger partial charge in [0, 0.05) is 26.3 Å². The predicted octanol–water partition coefficient (Wildman–Crippen LogP) is 0.0526. The van der Waals surface area contributed by atoms with Crippen LogP contribution in [0.15, 0.2) is 0 Å². The van der Waals surface area contributed by atoms with E-state index in [0.717, 1.165) is 0 Å². The van der Waals surface area contributed by atoms with Gasteiger partial charge in [0.1, 0.15) is 0 Å². The van der Waals surface area contributed by atoms with E-state index < -0.39 is 6.04 Å². The minimum absolute atomic E-state index is 0.102. The Morgan fingerprint density at radius 3 is 2.41 bits per heavy atom. The second-order valence-corrected chi connectivity index (χ2v) is 4.91. The quantitative estimate of drug-likeness (QED) is 0.634. The lowest BCUT2D eigenvalue weighted by atomic mass is 10.0. The molecule has 0 aliphatic carbocycles. The fourth-order valence-corrected chi connectivity index (χ4v) is 1.73. The van der Waals surface area contributed by atoms with Gasteiger partial charge in [0.2, 0.25) is 5.91 Å². The largest absolute Gasteiger partial charge is 0.385 e. The molecule has 0 aromatic rings. The zero-order valence-electron chi connectivity index (χ0n) is 11.7. The third kappa shape index (κ3) is 6.61. The zero-order chi connectivity index (χ0) is 13.4. The monoisotopic (exact) mass is 245 g/mol. The van der Waals surface area contributed by atoms with Crippen molar-refractivity contribution in [1.82, 2.24) is 10.2 Å². The summed E-state index contributed by atoms with van der Waals surface area (Å²) in [7, 11) is 5.63. The van der Waals surface area contributed by atoms with Gasteiger partial charge in [-0.1, -0.05) is 13.8 Å². The summed E-state index contributed by atoms with van der Waals surface area (Å²) in [5.74, 6) is 0.384. The van der Waals surface area contributed by atoms with Crippen LogP contribution in [0.25, 0.3) is 0 Å². The van der Waals surface area contributed by atoms with Crippen LogP contribution in [-0.4, -0.2) is 57.2 Å². The van der Waals surface area contributed by atoms with Gasteiger partial charge in [-0.3, -0.25) is 4.79 Å². The molecule has 0 fully saturated rings. The maximum atomic E-state index is 11.7. The van der Waals surface area contributed by atoms with Crippen molar-refractivity contribution in [3.8, 4) is 0 Å². The lowest BCUT2D eigenvalue weighted by Crippen LogP contribution is -2.48. The Hall–Kier alpha value is -0.650. The highest BCUT2D eigenvalue weighted by molar-refractivity contribution is 5.81. The molecule has 0 saturated carbocycles. The van der Waals surface area contributed by atoms with Crippen LogP contribution in [0.3, 0.4) is 0 Å².